The summed E-state index contributed by atoms with van der Waals surface area (Å²) >= 11 is 4.99. The van der Waals surface area contributed by atoms with Crippen molar-refractivity contribution in [1.82, 2.24) is 0 Å². The van der Waals surface area contributed by atoms with Gasteiger partial charge >= 0.3 is 0 Å². The van der Waals surface area contributed by atoms with E-state index in [0.717, 1.165) is 9.35 Å². The number of nitrogens with two attached hydrogens (primary N) is 1. The highest BCUT2D eigenvalue weighted by Crippen LogP contribution is 2.26. The Morgan fingerprint density at radius 1 is 1.55 bits per heavy atom. The molecule has 106 valence electrons. The highest BCUT2D eigenvalue weighted by Gasteiger charge is 2.16. The van der Waals surface area contributed by atoms with Crippen LogP contribution < -0.4 is 10.6 Å². The van der Waals surface area contributed by atoms with Gasteiger partial charge in [-0.2, -0.15) is 0 Å². The van der Waals surface area contributed by atoms with Gasteiger partial charge in [-0.25, -0.2) is 4.39 Å². The fourth-order valence-electron chi connectivity index (χ4n) is 1.92. The summed E-state index contributed by atoms with van der Waals surface area (Å²) in [6.07, 6.45) is 0. The van der Waals surface area contributed by atoms with E-state index in [1.165, 1.54) is 6.07 Å². The van der Waals surface area contributed by atoms with E-state index in [4.69, 9.17) is 10.9 Å². The van der Waals surface area contributed by atoms with E-state index in [9.17, 15) is 4.39 Å². The number of halogens is 2. The first-order valence-corrected chi connectivity index (χ1v) is 7.40. The van der Waals surface area contributed by atoms with Crippen molar-refractivity contribution in [1.29, 1.82) is 0 Å². The highest BCUT2D eigenvalue weighted by molar-refractivity contribution is 9.11. The topological polar surface area (TPSA) is 61.8 Å². The lowest BCUT2D eigenvalue weighted by Gasteiger charge is -2.22. The summed E-state index contributed by atoms with van der Waals surface area (Å²) in [6.45, 7) is 0.595. The lowest BCUT2D eigenvalue weighted by Crippen LogP contribution is -2.23. The molecule has 4 nitrogen and oxygen atoms in total. The van der Waals surface area contributed by atoms with Gasteiger partial charge in [0.1, 0.15) is 5.82 Å². The molecule has 0 atom stereocenters. The number of hydrogen-bond acceptors (Lipinski definition) is 4. The number of amidine groups is 1. The third kappa shape index (κ3) is 3.10. The Morgan fingerprint density at radius 3 is 2.90 bits per heavy atom. The fraction of sp³-hybridized carbons (Fsp3) is 0.154. The van der Waals surface area contributed by atoms with Gasteiger partial charge in [-0.1, -0.05) is 11.2 Å². The second kappa shape index (κ2) is 6.23. The number of thiophene rings is 1. The standard InChI is InChI=1S/C13H13BrFN3OS/c1-18(6-8-5-11(14)20-7-8)10-4-2-3-9(15)12(10)13(16)17-19/h2-5,7,19H,6H2,1H3,(H2,16,17). The van der Waals surface area contributed by atoms with Crippen LogP contribution in [0, 0.1) is 5.82 Å². The normalized spacial score (nSPS) is 11.7. The molecule has 20 heavy (non-hydrogen) atoms. The van der Waals surface area contributed by atoms with Crippen LogP contribution >= 0.6 is 27.3 Å². The Bertz CT molecular complexity index is 644. The Kier molecular flexibility index (Phi) is 4.61. The Labute approximate surface area is 128 Å². The van der Waals surface area contributed by atoms with E-state index in [2.05, 4.69) is 21.1 Å². The first-order valence-electron chi connectivity index (χ1n) is 5.73. The number of rotatable bonds is 4. The van der Waals surface area contributed by atoms with Gasteiger partial charge in [-0.15, -0.1) is 11.3 Å². The number of oxime groups is 1. The van der Waals surface area contributed by atoms with Gasteiger partial charge in [0.25, 0.3) is 0 Å². The number of benzene rings is 1. The van der Waals surface area contributed by atoms with Crippen molar-refractivity contribution in [2.75, 3.05) is 11.9 Å². The van der Waals surface area contributed by atoms with Crippen LogP contribution in [0.15, 0.2) is 38.6 Å². The van der Waals surface area contributed by atoms with Crippen molar-refractivity contribution >= 4 is 38.8 Å². The van der Waals surface area contributed by atoms with Gasteiger partial charge in [0, 0.05) is 13.6 Å². The van der Waals surface area contributed by atoms with Gasteiger partial charge in [-0.3, -0.25) is 0 Å². The predicted molar refractivity (Wildman–Crippen MR) is 83.0 cm³/mol. The van der Waals surface area contributed by atoms with Gasteiger partial charge in [-0.05, 0) is 45.1 Å². The summed E-state index contributed by atoms with van der Waals surface area (Å²) in [6, 6.07) is 6.62. The van der Waals surface area contributed by atoms with Crippen LogP contribution in [0.1, 0.15) is 11.1 Å². The van der Waals surface area contributed by atoms with Crippen LogP contribution in [0.5, 0.6) is 0 Å². The molecule has 0 amide bonds. The van der Waals surface area contributed by atoms with Crippen molar-refractivity contribution in [2.45, 2.75) is 6.54 Å². The highest BCUT2D eigenvalue weighted by atomic mass is 79.9. The molecule has 0 saturated carbocycles. The van der Waals surface area contributed by atoms with Crippen molar-refractivity contribution in [2.24, 2.45) is 10.9 Å². The van der Waals surface area contributed by atoms with E-state index < -0.39 is 5.82 Å². The third-order valence-corrected chi connectivity index (χ3v) is 4.36. The molecule has 7 heteroatoms. The zero-order valence-corrected chi connectivity index (χ0v) is 13.1. The van der Waals surface area contributed by atoms with Crippen LogP contribution in [-0.2, 0) is 6.54 Å². The zero-order chi connectivity index (χ0) is 14.7. The molecular formula is C13H13BrFN3OS. The largest absolute Gasteiger partial charge is 0.409 e. The molecule has 1 heterocycles. The van der Waals surface area contributed by atoms with Crippen LogP contribution in [-0.4, -0.2) is 18.1 Å². The summed E-state index contributed by atoms with van der Waals surface area (Å²) in [5.41, 5.74) is 7.33. The SMILES string of the molecule is CN(Cc1csc(Br)c1)c1cccc(F)c1C(N)=NO. The molecule has 0 aliphatic carbocycles. The quantitative estimate of drug-likeness (QED) is 0.381. The van der Waals surface area contributed by atoms with E-state index in [-0.39, 0.29) is 11.4 Å². The van der Waals surface area contributed by atoms with Crippen LogP contribution in [0.25, 0.3) is 0 Å². The van der Waals surface area contributed by atoms with Crippen molar-refractivity contribution in [3.8, 4) is 0 Å². The minimum atomic E-state index is -0.517. The molecule has 0 saturated heterocycles. The summed E-state index contributed by atoms with van der Waals surface area (Å²) in [5, 5.41) is 13.7. The zero-order valence-electron chi connectivity index (χ0n) is 10.7. The van der Waals surface area contributed by atoms with E-state index in [1.807, 2.05) is 23.4 Å². The van der Waals surface area contributed by atoms with Crippen LogP contribution in [0.3, 0.4) is 0 Å². The number of nitrogens with zero attached hydrogens (tertiary/aromatic N) is 2. The Morgan fingerprint density at radius 2 is 2.30 bits per heavy atom. The van der Waals surface area contributed by atoms with E-state index in [0.29, 0.717) is 12.2 Å². The molecule has 1 aromatic heterocycles. The smallest absolute Gasteiger partial charge is 0.175 e. The maximum atomic E-state index is 13.9. The van der Waals surface area contributed by atoms with Gasteiger partial charge < -0.3 is 15.8 Å². The molecule has 2 rings (SSSR count). The average molecular weight is 358 g/mol. The molecule has 0 radical (unpaired) electrons. The average Bonchev–Trinajstić information content (AvgIpc) is 2.83. The van der Waals surface area contributed by atoms with E-state index >= 15 is 0 Å². The van der Waals surface area contributed by atoms with Crippen molar-refractivity contribution < 1.29 is 9.60 Å². The second-order valence-electron chi connectivity index (χ2n) is 4.23. The molecule has 3 N–H and O–H groups in total. The summed E-state index contributed by atoms with van der Waals surface area (Å²) in [7, 11) is 1.83. The maximum Gasteiger partial charge on any atom is 0.175 e. The molecule has 0 unspecified atom stereocenters. The lowest BCUT2D eigenvalue weighted by molar-refractivity contribution is 0.318. The monoisotopic (exact) mass is 357 g/mol. The Hall–Kier alpha value is -1.60. The predicted octanol–water partition coefficient (Wildman–Crippen LogP) is 3.38. The van der Waals surface area contributed by atoms with Crippen LogP contribution in [0.2, 0.25) is 0 Å². The van der Waals surface area contributed by atoms with Crippen molar-refractivity contribution in [3.63, 3.8) is 0 Å². The summed E-state index contributed by atoms with van der Waals surface area (Å²) in [5.74, 6) is -0.757. The summed E-state index contributed by atoms with van der Waals surface area (Å²) < 4.78 is 14.9. The van der Waals surface area contributed by atoms with Gasteiger partial charge in [0.2, 0.25) is 0 Å². The minimum Gasteiger partial charge on any atom is -0.409 e. The molecule has 0 spiro atoms. The third-order valence-electron chi connectivity index (χ3n) is 2.81. The maximum absolute atomic E-state index is 13.9. The molecule has 1 aromatic carbocycles. The number of hydrogen-bond donors (Lipinski definition) is 2. The Balaban J connectivity index is 2.34. The summed E-state index contributed by atoms with van der Waals surface area (Å²) in [4.78, 5) is 1.85. The van der Waals surface area contributed by atoms with E-state index in [1.54, 1.807) is 23.5 Å². The molecular weight excluding hydrogens is 345 g/mol. The first kappa shape index (κ1) is 14.8. The van der Waals surface area contributed by atoms with Gasteiger partial charge in [0.15, 0.2) is 5.84 Å². The molecule has 0 fully saturated rings. The lowest BCUT2D eigenvalue weighted by atomic mass is 10.1. The molecule has 0 bridgehead atoms. The van der Waals surface area contributed by atoms with Gasteiger partial charge in [0.05, 0.1) is 15.0 Å². The molecule has 0 aliphatic rings. The molecule has 2 aromatic rings. The molecule has 0 aliphatic heterocycles. The van der Waals surface area contributed by atoms with Crippen LogP contribution in [0.4, 0.5) is 10.1 Å². The fourth-order valence-corrected chi connectivity index (χ4v) is 3.12. The first-order chi connectivity index (χ1) is 9.52. The number of anilines is 1. The van der Waals surface area contributed by atoms with Crippen molar-refractivity contribution in [3.05, 3.63) is 50.4 Å². The second-order valence-corrected chi connectivity index (χ2v) is 6.52. The minimum absolute atomic E-state index is 0.104.